The molecule has 2 rings (SSSR count). The summed E-state index contributed by atoms with van der Waals surface area (Å²) in [5, 5.41) is 0.445. The number of anilines is 1. The van der Waals surface area contributed by atoms with Gasteiger partial charge in [0.1, 0.15) is 6.54 Å². The van der Waals surface area contributed by atoms with Gasteiger partial charge in [-0.25, -0.2) is 8.42 Å². The highest BCUT2D eigenvalue weighted by molar-refractivity contribution is 7.92. The van der Waals surface area contributed by atoms with E-state index < -0.39 is 22.5 Å². The average Bonchev–Trinajstić information content (AvgIpc) is 2.55. The molecule has 2 aromatic carbocycles. The van der Waals surface area contributed by atoms with E-state index in [1.54, 1.807) is 18.2 Å². The number of ether oxygens (including phenoxy) is 1. The largest absolute Gasteiger partial charge is 0.468 e. The van der Waals surface area contributed by atoms with Crippen LogP contribution in [0.1, 0.15) is 0 Å². The Bertz CT molecular complexity index is 809. The standard InChI is InChI=1S/C15H13Cl2NO4S/c1-22-15(19)10-18(14-9-11(16)7-8-13(14)17)23(20,21)12-5-3-2-4-6-12/h2-9H,10H2,1H3. The maximum atomic E-state index is 12.9. The molecule has 0 aliphatic rings. The molecule has 0 N–H and O–H groups in total. The van der Waals surface area contributed by atoms with E-state index in [0.717, 1.165) is 4.31 Å². The van der Waals surface area contributed by atoms with Crippen molar-refractivity contribution >= 4 is 44.9 Å². The third-order valence-corrected chi connectivity index (χ3v) is 5.34. The van der Waals surface area contributed by atoms with Crippen LogP contribution in [0.5, 0.6) is 0 Å². The third kappa shape index (κ3) is 3.96. The summed E-state index contributed by atoms with van der Waals surface area (Å²) in [6, 6.07) is 12.1. The van der Waals surface area contributed by atoms with Crippen molar-refractivity contribution in [2.75, 3.05) is 18.0 Å². The molecule has 0 amide bonds. The third-order valence-electron chi connectivity index (χ3n) is 3.01. The number of carbonyl (C=O) groups excluding carboxylic acids is 1. The van der Waals surface area contributed by atoms with Gasteiger partial charge in [0.05, 0.1) is 22.7 Å². The lowest BCUT2D eigenvalue weighted by Crippen LogP contribution is -2.36. The fourth-order valence-corrected chi connectivity index (χ4v) is 3.76. The molecule has 23 heavy (non-hydrogen) atoms. The van der Waals surface area contributed by atoms with Gasteiger partial charge < -0.3 is 4.74 Å². The highest BCUT2D eigenvalue weighted by Gasteiger charge is 2.29. The monoisotopic (exact) mass is 373 g/mol. The SMILES string of the molecule is COC(=O)CN(c1cc(Cl)ccc1Cl)S(=O)(=O)c1ccccc1. The molecule has 122 valence electrons. The first kappa shape index (κ1) is 17.6. The van der Waals surface area contributed by atoms with E-state index in [1.807, 2.05) is 0 Å². The van der Waals surface area contributed by atoms with Gasteiger partial charge >= 0.3 is 5.97 Å². The lowest BCUT2D eigenvalue weighted by molar-refractivity contribution is -0.138. The zero-order valence-electron chi connectivity index (χ0n) is 12.1. The number of nitrogens with zero attached hydrogens (tertiary/aromatic N) is 1. The van der Waals surface area contributed by atoms with E-state index in [4.69, 9.17) is 23.2 Å². The zero-order chi connectivity index (χ0) is 17.0. The Labute approximate surface area is 144 Å². The number of esters is 1. The van der Waals surface area contributed by atoms with Crippen molar-refractivity contribution in [1.82, 2.24) is 0 Å². The van der Waals surface area contributed by atoms with Crippen molar-refractivity contribution in [1.29, 1.82) is 0 Å². The lowest BCUT2D eigenvalue weighted by Gasteiger charge is -2.24. The normalized spacial score (nSPS) is 11.1. The van der Waals surface area contributed by atoms with Gasteiger partial charge in [-0.2, -0.15) is 0 Å². The first-order valence-electron chi connectivity index (χ1n) is 6.46. The quantitative estimate of drug-likeness (QED) is 0.753. The fraction of sp³-hybridized carbons (Fsp3) is 0.133. The predicted octanol–water partition coefficient (Wildman–Crippen LogP) is 3.36. The van der Waals surface area contributed by atoms with E-state index in [1.165, 1.54) is 37.4 Å². The summed E-state index contributed by atoms with van der Waals surface area (Å²) in [6.07, 6.45) is 0. The minimum absolute atomic E-state index is 0.0277. The Hall–Kier alpha value is -1.76. The maximum Gasteiger partial charge on any atom is 0.326 e. The molecular weight excluding hydrogens is 361 g/mol. The van der Waals surface area contributed by atoms with Crippen molar-refractivity contribution in [2.24, 2.45) is 0 Å². The molecule has 0 heterocycles. The number of carbonyl (C=O) groups is 1. The minimum atomic E-state index is -4.01. The van der Waals surface area contributed by atoms with Gasteiger partial charge in [-0.3, -0.25) is 9.10 Å². The Morgan fingerprint density at radius 3 is 2.39 bits per heavy atom. The predicted molar refractivity (Wildman–Crippen MR) is 89.5 cm³/mol. The summed E-state index contributed by atoms with van der Waals surface area (Å²) in [4.78, 5) is 11.7. The molecule has 0 unspecified atom stereocenters. The average molecular weight is 374 g/mol. The van der Waals surface area contributed by atoms with E-state index in [9.17, 15) is 13.2 Å². The number of halogens is 2. The van der Waals surface area contributed by atoms with Crippen LogP contribution in [0, 0.1) is 0 Å². The van der Waals surface area contributed by atoms with Crippen LogP contribution in [0.15, 0.2) is 53.4 Å². The van der Waals surface area contributed by atoms with Crippen LogP contribution in [-0.2, 0) is 19.6 Å². The molecule has 0 aromatic heterocycles. The van der Waals surface area contributed by atoms with Crippen LogP contribution >= 0.6 is 23.2 Å². The smallest absolute Gasteiger partial charge is 0.326 e. The number of hydrogen-bond acceptors (Lipinski definition) is 4. The van der Waals surface area contributed by atoms with E-state index in [-0.39, 0.29) is 15.6 Å². The summed E-state index contributed by atoms with van der Waals surface area (Å²) in [6.45, 7) is -0.520. The second-order valence-electron chi connectivity index (χ2n) is 4.50. The van der Waals surface area contributed by atoms with Crippen LogP contribution in [0.4, 0.5) is 5.69 Å². The molecular formula is C15H13Cl2NO4S. The maximum absolute atomic E-state index is 12.9. The van der Waals surface area contributed by atoms with Gasteiger partial charge in [0.25, 0.3) is 10.0 Å². The van der Waals surface area contributed by atoms with Crippen molar-refractivity contribution in [2.45, 2.75) is 4.90 Å². The van der Waals surface area contributed by atoms with Crippen LogP contribution in [0.3, 0.4) is 0 Å². The van der Waals surface area contributed by atoms with E-state index in [0.29, 0.717) is 5.02 Å². The second kappa shape index (κ2) is 7.21. The van der Waals surface area contributed by atoms with Gasteiger partial charge in [-0.1, -0.05) is 41.4 Å². The van der Waals surface area contributed by atoms with Gasteiger partial charge in [0.15, 0.2) is 0 Å². The summed E-state index contributed by atoms with van der Waals surface area (Å²) < 4.78 is 31.2. The molecule has 0 atom stereocenters. The lowest BCUT2D eigenvalue weighted by atomic mass is 10.3. The summed E-state index contributed by atoms with van der Waals surface area (Å²) in [5.41, 5.74) is 0.105. The molecule has 2 aromatic rings. The summed E-state index contributed by atoms with van der Waals surface area (Å²) in [5.74, 6) is -0.722. The van der Waals surface area contributed by atoms with Crippen molar-refractivity contribution < 1.29 is 17.9 Å². The molecule has 5 nitrogen and oxygen atoms in total. The topological polar surface area (TPSA) is 63.7 Å². The Kier molecular flexibility index (Phi) is 5.51. The number of hydrogen-bond donors (Lipinski definition) is 0. The Morgan fingerprint density at radius 2 is 1.78 bits per heavy atom. The van der Waals surface area contributed by atoms with Gasteiger partial charge in [-0.15, -0.1) is 0 Å². The zero-order valence-corrected chi connectivity index (χ0v) is 14.4. The van der Waals surface area contributed by atoms with Crippen molar-refractivity contribution in [3.63, 3.8) is 0 Å². The highest BCUT2D eigenvalue weighted by atomic mass is 35.5. The Balaban J connectivity index is 2.59. The molecule has 0 radical (unpaired) electrons. The van der Waals surface area contributed by atoms with Gasteiger partial charge in [-0.05, 0) is 30.3 Å². The van der Waals surface area contributed by atoms with E-state index in [2.05, 4.69) is 4.74 Å². The molecule has 0 aliphatic heterocycles. The summed E-state index contributed by atoms with van der Waals surface area (Å²) in [7, 11) is -2.83. The molecule has 0 spiro atoms. The number of sulfonamides is 1. The first-order valence-corrected chi connectivity index (χ1v) is 8.65. The van der Waals surface area contributed by atoms with Crippen LogP contribution in [0.25, 0.3) is 0 Å². The van der Waals surface area contributed by atoms with Gasteiger partial charge in [0.2, 0.25) is 0 Å². The van der Waals surface area contributed by atoms with Crippen LogP contribution in [-0.4, -0.2) is 28.0 Å². The first-order chi connectivity index (χ1) is 10.9. The molecule has 0 saturated heterocycles. The van der Waals surface area contributed by atoms with Crippen LogP contribution < -0.4 is 4.31 Å². The van der Waals surface area contributed by atoms with E-state index >= 15 is 0 Å². The Morgan fingerprint density at radius 1 is 1.13 bits per heavy atom. The number of methoxy groups -OCH3 is 1. The molecule has 0 bridgehead atoms. The number of rotatable bonds is 5. The van der Waals surface area contributed by atoms with Crippen LogP contribution in [0.2, 0.25) is 10.0 Å². The summed E-state index contributed by atoms with van der Waals surface area (Å²) >= 11 is 12.0. The van der Waals surface area contributed by atoms with Gasteiger partial charge in [0, 0.05) is 5.02 Å². The highest BCUT2D eigenvalue weighted by Crippen LogP contribution is 2.32. The van der Waals surface area contributed by atoms with Crippen molar-refractivity contribution in [3.8, 4) is 0 Å². The molecule has 8 heteroatoms. The fourth-order valence-electron chi connectivity index (χ4n) is 1.88. The second-order valence-corrected chi connectivity index (χ2v) is 7.20. The molecule has 0 saturated carbocycles. The molecule has 0 fully saturated rings. The molecule has 0 aliphatic carbocycles. The minimum Gasteiger partial charge on any atom is -0.468 e. The number of benzene rings is 2. The van der Waals surface area contributed by atoms with Crippen molar-refractivity contribution in [3.05, 3.63) is 58.6 Å².